The third kappa shape index (κ3) is 2.26. The molecule has 7 heteroatoms. The van der Waals surface area contributed by atoms with Gasteiger partial charge < -0.3 is 9.90 Å². The van der Waals surface area contributed by atoms with E-state index in [2.05, 4.69) is 0 Å². The molecule has 0 unspecified atom stereocenters. The monoisotopic (exact) mass is 216 g/mol. The Morgan fingerprint density at radius 1 is 1.07 bits per heavy atom. The standard InChI is InChI=1S/C7H2F4O2.Na/c8-2-1-3(9)6(11)4(5(2)10)7(12)13;/h1H,(H,12,13);/q;+1/p-1. The first-order chi connectivity index (χ1) is 5.95. The first-order valence-corrected chi connectivity index (χ1v) is 2.99. The molecule has 0 aliphatic heterocycles. The van der Waals surface area contributed by atoms with Crippen LogP contribution >= 0.6 is 0 Å². The number of benzene rings is 1. The summed E-state index contributed by atoms with van der Waals surface area (Å²) >= 11 is 0. The van der Waals surface area contributed by atoms with Crippen LogP contribution in [0.5, 0.6) is 0 Å². The van der Waals surface area contributed by atoms with E-state index in [1.165, 1.54) is 0 Å². The summed E-state index contributed by atoms with van der Waals surface area (Å²) in [5.41, 5.74) is -1.74. The van der Waals surface area contributed by atoms with Gasteiger partial charge in [0.15, 0.2) is 23.3 Å². The molecule has 0 aliphatic rings. The summed E-state index contributed by atoms with van der Waals surface area (Å²) in [6, 6.07) is -0.0862. The van der Waals surface area contributed by atoms with Gasteiger partial charge in [-0.05, 0) is 0 Å². The molecule has 0 spiro atoms. The van der Waals surface area contributed by atoms with Gasteiger partial charge in [-0.3, -0.25) is 0 Å². The molecule has 0 atom stereocenters. The van der Waals surface area contributed by atoms with Gasteiger partial charge in [0, 0.05) is 6.07 Å². The van der Waals surface area contributed by atoms with Crippen molar-refractivity contribution in [3.63, 3.8) is 0 Å². The van der Waals surface area contributed by atoms with Crippen LogP contribution < -0.4 is 34.7 Å². The largest absolute Gasteiger partial charge is 1.00 e. The molecule has 1 aromatic rings. The Kier molecular flexibility index (Phi) is 4.57. The molecule has 0 heterocycles. The zero-order valence-corrected chi connectivity index (χ0v) is 8.91. The normalized spacial score (nSPS) is 9.43. The summed E-state index contributed by atoms with van der Waals surface area (Å²) in [7, 11) is 0. The maximum atomic E-state index is 12.5. The Bertz CT molecular complexity index is 354. The van der Waals surface area contributed by atoms with Gasteiger partial charge in [-0.1, -0.05) is 0 Å². The average Bonchev–Trinajstić information content (AvgIpc) is 2.01. The van der Waals surface area contributed by atoms with Crippen molar-refractivity contribution in [2.24, 2.45) is 0 Å². The van der Waals surface area contributed by atoms with Crippen molar-refractivity contribution < 1.29 is 57.0 Å². The SMILES string of the molecule is O=C([O-])c1c(F)c(F)cc(F)c1F.[Na+]. The van der Waals surface area contributed by atoms with Crippen molar-refractivity contribution in [1.82, 2.24) is 0 Å². The molecule has 14 heavy (non-hydrogen) atoms. The maximum Gasteiger partial charge on any atom is 1.00 e. The minimum absolute atomic E-state index is 0. The predicted octanol–water partition coefficient (Wildman–Crippen LogP) is -2.39. The van der Waals surface area contributed by atoms with Gasteiger partial charge in [-0.25, -0.2) is 17.6 Å². The molecule has 0 radical (unpaired) electrons. The van der Waals surface area contributed by atoms with E-state index in [0.717, 1.165) is 0 Å². The molecule has 0 bridgehead atoms. The van der Waals surface area contributed by atoms with Crippen LogP contribution in [0.3, 0.4) is 0 Å². The Balaban J connectivity index is 0.00000169. The van der Waals surface area contributed by atoms with Crippen molar-refractivity contribution in [3.05, 3.63) is 34.9 Å². The quantitative estimate of drug-likeness (QED) is 0.298. The van der Waals surface area contributed by atoms with Gasteiger partial charge in [0.1, 0.15) is 0 Å². The van der Waals surface area contributed by atoms with Gasteiger partial charge in [0.2, 0.25) is 0 Å². The van der Waals surface area contributed by atoms with Crippen LogP contribution in [0.2, 0.25) is 0 Å². The van der Waals surface area contributed by atoms with Crippen LogP contribution in [0.15, 0.2) is 6.07 Å². The van der Waals surface area contributed by atoms with E-state index in [0.29, 0.717) is 0 Å². The van der Waals surface area contributed by atoms with Crippen LogP contribution in [-0.2, 0) is 0 Å². The molecule has 0 N–H and O–H groups in total. The van der Waals surface area contributed by atoms with Crippen LogP contribution in [0.1, 0.15) is 10.4 Å². The van der Waals surface area contributed by atoms with Crippen molar-refractivity contribution >= 4 is 5.97 Å². The van der Waals surface area contributed by atoms with E-state index in [4.69, 9.17) is 0 Å². The Hall–Kier alpha value is -0.590. The number of hydrogen-bond donors (Lipinski definition) is 0. The van der Waals surface area contributed by atoms with E-state index < -0.39 is 34.8 Å². The molecule has 0 saturated carbocycles. The van der Waals surface area contributed by atoms with Crippen LogP contribution in [0.25, 0.3) is 0 Å². The third-order valence-corrected chi connectivity index (χ3v) is 1.32. The number of halogens is 4. The molecule has 0 aromatic heterocycles. The van der Waals surface area contributed by atoms with Crippen LogP contribution in [-0.4, -0.2) is 5.97 Å². The number of hydrogen-bond acceptors (Lipinski definition) is 2. The molecule has 0 saturated heterocycles. The topological polar surface area (TPSA) is 40.1 Å². The van der Waals surface area contributed by atoms with E-state index in [1.54, 1.807) is 0 Å². The van der Waals surface area contributed by atoms with E-state index >= 15 is 0 Å². The molecule has 0 fully saturated rings. The molecule has 0 aliphatic carbocycles. The fourth-order valence-corrected chi connectivity index (χ4v) is 0.752. The van der Waals surface area contributed by atoms with Crippen LogP contribution in [0, 0.1) is 23.3 Å². The first-order valence-electron chi connectivity index (χ1n) is 2.99. The number of carboxylic acid groups (broad SMARTS) is 1. The molecule has 70 valence electrons. The number of rotatable bonds is 1. The van der Waals surface area contributed by atoms with Crippen molar-refractivity contribution in [1.29, 1.82) is 0 Å². The second kappa shape index (κ2) is 4.77. The van der Waals surface area contributed by atoms with Gasteiger partial charge in [0.05, 0.1) is 11.5 Å². The van der Waals surface area contributed by atoms with Crippen molar-refractivity contribution in [3.8, 4) is 0 Å². The van der Waals surface area contributed by atoms with E-state index in [-0.39, 0.29) is 35.6 Å². The Labute approximate surface area is 97.8 Å². The third-order valence-electron chi connectivity index (χ3n) is 1.32. The second-order valence-electron chi connectivity index (χ2n) is 2.13. The molecule has 1 rings (SSSR count). The zero-order chi connectivity index (χ0) is 10.2. The number of carboxylic acids is 1. The number of carbonyl (C=O) groups excluding carboxylic acids is 1. The summed E-state index contributed by atoms with van der Waals surface area (Å²) < 4.78 is 49.6. The number of carbonyl (C=O) groups is 1. The average molecular weight is 216 g/mol. The molecule has 2 nitrogen and oxygen atoms in total. The van der Waals surface area contributed by atoms with Gasteiger partial charge in [0.25, 0.3) is 0 Å². The zero-order valence-electron chi connectivity index (χ0n) is 6.91. The van der Waals surface area contributed by atoms with E-state index in [9.17, 15) is 27.5 Å². The summed E-state index contributed by atoms with van der Waals surface area (Å²) in [6.45, 7) is 0. The summed E-state index contributed by atoms with van der Waals surface area (Å²) in [4.78, 5) is 10.0. The van der Waals surface area contributed by atoms with Crippen LogP contribution in [0.4, 0.5) is 17.6 Å². The van der Waals surface area contributed by atoms with Gasteiger partial charge in [-0.2, -0.15) is 0 Å². The first kappa shape index (κ1) is 13.4. The second-order valence-corrected chi connectivity index (χ2v) is 2.13. The Morgan fingerprint density at radius 2 is 1.43 bits per heavy atom. The summed E-state index contributed by atoms with van der Waals surface area (Å²) in [5, 5.41) is 10.0. The molecule has 0 amide bonds. The molecular weight excluding hydrogens is 215 g/mol. The van der Waals surface area contributed by atoms with Crippen molar-refractivity contribution in [2.45, 2.75) is 0 Å². The maximum absolute atomic E-state index is 12.5. The molecular formula is C7HF4NaO2. The van der Waals surface area contributed by atoms with E-state index in [1.807, 2.05) is 0 Å². The summed E-state index contributed by atoms with van der Waals surface area (Å²) in [5.74, 6) is -9.82. The smallest absolute Gasteiger partial charge is 0.545 e. The molecule has 1 aromatic carbocycles. The fourth-order valence-electron chi connectivity index (χ4n) is 0.752. The van der Waals surface area contributed by atoms with Gasteiger partial charge >= 0.3 is 29.6 Å². The minimum atomic E-state index is -2.31. The van der Waals surface area contributed by atoms with Crippen molar-refractivity contribution in [2.75, 3.05) is 0 Å². The fraction of sp³-hybridized carbons (Fsp3) is 0. The minimum Gasteiger partial charge on any atom is -0.545 e. The number of aromatic carboxylic acids is 1. The summed E-state index contributed by atoms with van der Waals surface area (Å²) in [6.07, 6.45) is 0. The van der Waals surface area contributed by atoms with Gasteiger partial charge in [-0.15, -0.1) is 0 Å². The predicted molar refractivity (Wildman–Crippen MR) is 30.6 cm³/mol. The Morgan fingerprint density at radius 3 is 1.71 bits per heavy atom.